The summed E-state index contributed by atoms with van der Waals surface area (Å²) < 4.78 is 11.1. The summed E-state index contributed by atoms with van der Waals surface area (Å²) in [6, 6.07) is 1.91. The summed E-state index contributed by atoms with van der Waals surface area (Å²) in [6.07, 6.45) is 5.29. The molecule has 1 heterocycles. The molecular weight excluding hydrogens is 282 g/mol. The number of nitriles is 1. The Morgan fingerprint density at radius 3 is 2.50 bits per heavy atom. The second kappa shape index (κ2) is 4.67. The van der Waals surface area contributed by atoms with Crippen LogP contribution < -0.4 is 4.74 Å². The van der Waals surface area contributed by atoms with Crippen LogP contribution in [-0.4, -0.2) is 28.1 Å². The fourth-order valence-corrected chi connectivity index (χ4v) is 3.43. The van der Waals surface area contributed by atoms with Gasteiger partial charge in [0.1, 0.15) is 11.7 Å². The van der Waals surface area contributed by atoms with Crippen molar-refractivity contribution in [2.24, 2.45) is 10.8 Å². The van der Waals surface area contributed by atoms with E-state index in [9.17, 15) is 4.79 Å². The van der Waals surface area contributed by atoms with Crippen molar-refractivity contribution in [1.82, 2.24) is 9.97 Å². The Bertz CT molecular complexity index is 620. The minimum absolute atomic E-state index is 0.0759. The first-order chi connectivity index (χ1) is 10.3. The number of esters is 1. The van der Waals surface area contributed by atoms with Crippen LogP contribution in [0.5, 0.6) is 5.88 Å². The Morgan fingerprint density at radius 2 is 2.00 bits per heavy atom. The summed E-state index contributed by atoms with van der Waals surface area (Å²) in [7, 11) is 0. The highest BCUT2D eigenvalue weighted by molar-refractivity contribution is 5.81. The molecule has 0 radical (unpaired) electrons. The van der Waals surface area contributed by atoms with Crippen molar-refractivity contribution in [3.05, 3.63) is 18.1 Å². The first-order valence-corrected chi connectivity index (χ1v) is 7.34. The highest BCUT2D eigenvalue weighted by atomic mass is 16.6. The normalized spacial score (nSPS) is 28.8. The van der Waals surface area contributed by atoms with Crippen LogP contribution in [0.15, 0.2) is 12.4 Å². The lowest BCUT2D eigenvalue weighted by atomic mass is 9.35. The first-order valence-electron chi connectivity index (χ1n) is 7.34. The van der Waals surface area contributed by atoms with Crippen LogP contribution >= 0.6 is 0 Å². The van der Waals surface area contributed by atoms with Crippen molar-refractivity contribution in [2.75, 3.05) is 6.61 Å². The molecule has 0 saturated heterocycles. The molecule has 1 aromatic heterocycles. The van der Waals surface area contributed by atoms with Gasteiger partial charge in [-0.15, -0.1) is 0 Å². The van der Waals surface area contributed by atoms with Gasteiger partial charge in [-0.2, -0.15) is 5.26 Å². The fourth-order valence-electron chi connectivity index (χ4n) is 3.43. The predicted molar refractivity (Wildman–Crippen MR) is 76.8 cm³/mol. The van der Waals surface area contributed by atoms with Gasteiger partial charge in [0.15, 0.2) is 5.69 Å². The molecule has 4 rings (SSSR count). The third-order valence-electron chi connectivity index (χ3n) is 4.24. The minimum Gasteiger partial charge on any atom is -0.476 e. The molecule has 3 aliphatic carbocycles. The number of carbonyl (C=O) groups is 1. The average molecular weight is 301 g/mol. The van der Waals surface area contributed by atoms with E-state index >= 15 is 0 Å². The van der Waals surface area contributed by atoms with Crippen LogP contribution in [0.2, 0.25) is 0 Å². The summed E-state index contributed by atoms with van der Waals surface area (Å²) >= 11 is 0. The van der Waals surface area contributed by atoms with Crippen LogP contribution in [0.25, 0.3) is 0 Å². The summed E-state index contributed by atoms with van der Waals surface area (Å²) in [5.41, 5.74) is -0.380. The largest absolute Gasteiger partial charge is 0.476 e. The zero-order valence-corrected chi connectivity index (χ0v) is 13.0. The van der Waals surface area contributed by atoms with E-state index in [0.717, 1.165) is 19.3 Å². The van der Waals surface area contributed by atoms with Crippen molar-refractivity contribution >= 4 is 5.97 Å². The van der Waals surface area contributed by atoms with Gasteiger partial charge in [-0.25, -0.2) is 9.97 Å². The van der Waals surface area contributed by atoms with Gasteiger partial charge in [-0.3, -0.25) is 4.79 Å². The zero-order chi connectivity index (χ0) is 16.0. The molecule has 0 spiro atoms. The Hall–Kier alpha value is -2.16. The molecule has 116 valence electrons. The standard InChI is InChI=1S/C16H19N3O3/c1-14(2,3)22-13(20)16-7-15(8-16,9-16)10-21-12-6-18-11(4-17)5-19-12/h5-6H,7-10H2,1-3H3. The molecule has 0 N–H and O–H groups in total. The van der Waals surface area contributed by atoms with Crippen LogP contribution in [0.1, 0.15) is 45.7 Å². The molecule has 22 heavy (non-hydrogen) atoms. The number of hydrogen-bond donors (Lipinski definition) is 0. The zero-order valence-electron chi connectivity index (χ0n) is 13.0. The molecular formula is C16H19N3O3. The molecule has 3 fully saturated rings. The lowest BCUT2D eigenvalue weighted by Crippen LogP contribution is -2.68. The fraction of sp³-hybridized carbons (Fsp3) is 0.625. The lowest BCUT2D eigenvalue weighted by molar-refractivity contribution is -0.243. The highest BCUT2D eigenvalue weighted by Gasteiger charge is 2.72. The molecule has 0 atom stereocenters. The molecule has 6 nitrogen and oxygen atoms in total. The molecule has 0 unspecified atom stereocenters. The SMILES string of the molecule is CC(C)(C)OC(=O)C12CC(COc3cnc(C#N)cn3)(C1)C2. The Balaban J connectivity index is 1.50. The predicted octanol–water partition coefficient (Wildman–Crippen LogP) is 2.24. The number of carbonyl (C=O) groups excluding carboxylic acids is 1. The van der Waals surface area contributed by atoms with Gasteiger partial charge in [-0.1, -0.05) is 0 Å². The monoisotopic (exact) mass is 301 g/mol. The van der Waals surface area contributed by atoms with Crippen LogP contribution in [0, 0.1) is 22.2 Å². The third kappa shape index (κ3) is 2.52. The van der Waals surface area contributed by atoms with Gasteiger partial charge in [0.25, 0.3) is 0 Å². The smallest absolute Gasteiger partial charge is 0.312 e. The molecule has 2 bridgehead atoms. The Labute approximate surface area is 129 Å². The number of nitrogens with zero attached hydrogens (tertiary/aromatic N) is 3. The molecule has 0 amide bonds. The van der Waals surface area contributed by atoms with E-state index in [2.05, 4.69) is 9.97 Å². The topological polar surface area (TPSA) is 85.1 Å². The van der Waals surface area contributed by atoms with Crippen LogP contribution in [0.3, 0.4) is 0 Å². The maximum absolute atomic E-state index is 12.2. The van der Waals surface area contributed by atoms with Crippen molar-refractivity contribution in [3.63, 3.8) is 0 Å². The van der Waals surface area contributed by atoms with E-state index in [0.29, 0.717) is 12.5 Å². The summed E-state index contributed by atoms with van der Waals surface area (Å²) in [4.78, 5) is 20.1. The summed E-state index contributed by atoms with van der Waals surface area (Å²) in [5, 5.41) is 8.67. The van der Waals surface area contributed by atoms with E-state index in [1.54, 1.807) is 0 Å². The number of hydrogen-bond acceptors (Lipinski definition) is 6. The molecule has 0 aliphatic heterocycles. The van der Waals surface area contributed by atoms with Crippen LogP contribution in [0.4, 0.5) is 0 Å². The second-order valence-electron chi connectivity index (χ2n) is 7.45. The molecule has 3 saturated carbocycles. The van der Waals surface area contributed by atoms with E-state index < -0.39 is 5.60 Å². The van der Waals surface area contributed by atoms with Gasteiger partial charge in [0, 0.05) is 5.41 Å². The summed E-state index contributed by atoms with van der Waals surface area (Å²) in [5.74, 6) is 0.329. The molecule has 3 aliphatic rings. The van der Waals surface area contributed by atoms with E-state index in [4.69, 9.17) is 14.7 Å². The second-order valence-corrected chi connectivity index (χ2v) is 7.45. The number of ether oxygens (including phenoxy) is 2. The molecule has 0 aromatic carbocycles. The van der Waals surface area contributed by atoms with E-state index in [-0.39, 0.29) is 22.5 Å². The Kier molecular flexibility index (Phi) is 3.13. The van der Waals surface area contributed by atoms with Crippen molar-refractivity contribution < 1.29 is 14.3 Å². The minimum atomic E-state index is -0.436. The van der Waals surface area contributed by atoms with Gasteiger partial charge in [0.2, 0.25) is 5.88 Å². The quantitative estimate of drug-likeness (QED) is 0.793. The van der Waals surface area contributed by atoms with E-state index in [1.807, 2.05) is 26.8 Å². The third-order valence-corrected chi connectivity index (χ3v) is 4.24. The van der Waals surface area contributed by atoms with Gasteiger partial charge in [-0.05, 0) is 40.0 Å². The van der Waals surface area contributed by atoms with Crippen molar-refractivity contribution in [1.29, 1.82) is 5.26 Å². The van der Waals surface area contributed by atoms with Gasteiger partial charge < -0.3 is 9.47 Å². The van der Waals surface area contributed by atoms with Crippen molar-refractivity contribution in [2.45, 2.75) is 45.6 Å². The number of aromatic nitrogens is 2. The van der Waals surface area contributed by atoms with Crippen LogP contribution in [-0.2, 0) is 9.53 Å². The average Bonchev–Trinajstić information content (AvgIpc) is 2.34. The van der Waals surface area contributed by atoms with E-state index in [1.165, 1.54) is 12.4 Å². The van der Waals surface area contributed by atoms with Gasteiger partial charge >= 0.3 is 5.97 Å². The molecule has 1 aromatic rings. The number of rotatable bonds is 4. The Morgan fingerprint density at radius 1 is 1.32 bits per heavy atom. The maximum atomic E-state index is 12.2. The van der Waals surface area contributed by atoms with Gasteiger partial charge in [0.05, 0.1) is 24.4 Å². The highest BCUT2D eigenvalue weighted by Crippen LogP contribution is 2.73. The lowest BCUT2D eigenvalue weighted by Gasteiger charge is -2.68. The maximum Gasteiger partial charge on any atom is 0.312 e. The summed E-state index contributed by atoms with van der Waals surface area (Å²) in [6.45, 7) is 6.19. The first kappa shape index (κ1) is 14.8. The molecule has 6 heteroatoms. The van der Waals surface area contributed by atoms with Crippen molar-refractivity contribution in [3.8, 4) is 11.9 Å².